The van der Waals surface area contributed by atoms with Crippen molar-refractivity contribution in [2.75, 3.05) is 6.54 Å². The lowest BCUT2D eigenvalue weighted by Crippen LogP contribution is -2.32. The first-order chi connectivity index (χ1) is 7.69. The minimum absolute atomic E-state index is 0.0595. The van der Waals surface area contributed by atoms with Crippen molar-refractivity contribution in [3.63, 3.8) is 0 Å². The molecule has 0 fully saturated rings. The van der Waals surface area contributed by atoms with Crippen LogP contribution >= 0.6 is 11.6 Å². The van der Waals surface area contributed by atoms with Gasteiger partial charge in [-0.1, -0.05) is 23.7 Å². The smallest absolute Gasteiger partial charge is 0.126 e. The standard InChI is InChI=1S/C11H12ClN3O/c1-8(15-16)11(14-7-6-13)9-2-4-10(12)5-3-9/h2-5,8,15-16H,7H2,1H3. The maximum absolute atomic E-state index is 8.88. The quantitative estimate of drug-likeness (QED) is 0.478. The van der Waals surface area contributed by atoms with E-state index in [-0.39, 0.29) is 12.6 Å². The summed E-state index contributed by atoms with van der Waals surface area (Å²) in [6.07, 6.45) is 0. The third-order valence-electron chi connectivity index (χ3n) is 2.06. The van der Waals surface area contributed by atoms with Gasteiger partial charge in [0.25, 0.3) is 0 Å². The first-order valence-corrected chi connectivity index (χ1v) is 5.13. The van der Waals surface area contributed by atoms with Crippen molar-refractivity contribution >= 4 is 17.3 Å². The molecule has 0 spiro atoms. The van der Waals surface area contributed by atoms with Crippen molar-refractivity contribution in [3.05, 3.63) is 34.9 Å². The minimum Gasteiger partial charge on any atom is -0.316 e. The lowest BCUT2D eigenvalue weighted by atomic mass is 10.1. The first-order valence-electron chi connectivity index (χ1n) is 4.76. The molecule has 1 unspecified atom stereocenters. The van der Waals surface area contributed by atoms with Crippen molar-refractivity contribution < 1.29 is 5.21 Å². The zero-order chi connectivity index (χ0) is 12.0. The highest BCUT2D eigenvalue weighted by atomic mass is 35.5. The van der Waals surface area contributed by atoms with Crippen LogP contribution in [0.1, 0.15) is 12.5 Å². The third-order valence-corrected chi connectivity index (χ3v) is 2.32. The van der Waals surface area contributed by atoms with Crippen LogP contribution in [0.3, 0.4) is 0 Å². The number of nitriles is 1. The molecule has 0 aliphatic heterocycles. The van der Waals surface area contributed by atoms with Crippen LogP contribution in [0, 0.1) is 11.3 Å². The van der Waals surface area contributed by atoms with Gasteiger partial charge in [0.15, 0.2) is 0 Å². The van der Waals surface area contributed by atoms with E-state index in [9.17, 15) is 0 Å². The van der Waals surface area contributed by atoms with E-state index in [4.69, 9.17) is 22.1 Å². The predicted molar refractivity (Wildman–Crippen MR) is 62.9 cm³/mol. The molecule has 0 aromatic heterocycles. The zero-order valence-electron chi connectivity index (χ0n) is 8.81. The molecule has 1 rings (SSSR count). The number of rotatable bonds is 4. The second kappa shape index (κ2) is 6.23. The largest absolute Gasteiger partial charge is 0.316 e. The molecule has 1 aromatic rings. The lowest BCUT2D eigenvalue weighted by molar-refractivity contribution is 0.155. The molecule has 5 heteroatoms. The molecule has 0 saturated carbocycles. The summed E-state index contributed by atoms with van der Waals surface area (Å²) in [5, 5.41) is 18.0. The third kappa shape index (κ3) is 3.31. The average Bonchev–Trinajstić information content (AvgIpc) is 2.31. The molecular weight excluding hydrogens is 226 g/mol. The molecule has 0 radical (unpaired) electrons. The Bertz CT molecular complexity index is 408. The van der Waals surface area contributed by atoms with Crippen LogP contribution in [-0.2, 0) is 0 Å². The van der Waals surface area contributed by atoms with E-state index in [2.05, 4.69) is 10.5 Å². The molecular formula is C11H12ClN3O. The van der Waals surface area contributed by atoms with Crippen molar-refractivity contribution in [1.29, 1.82) is 5.26 Å². The zero-order valence-corrected chi connectivity index (χ0v) is 9.57. The van der Waals surface area contributed by atoms with Crippen LogP contribution < -0.4 is 5.48 Å². The topological polar surface area (TPSA) is 68.4 Å². The van der Waals surface area contributed by atoms with Gasteiger partial charge in [-0.3, -0.25) is 4.99 Å². The Morgan fingerprint density at radius 2 is 2.19 bits per heavy atom. The van der Waals surface area contributed by atoms with Crippen LogP contribution in [-0.4, -0.2) is 23.5 Å². The maximum atomic E-state index is 8.88. The maximum Gasteiger partial charge on any atom is 0.126 e. The molecule has 2 N–H and O–H groups in total. The summed E-state index contributed by atoms with van der Waals surface area (Å²) in [4.78, 5) is 4.10. The predicted octanol–water partition coefficient (Wildman–Crippen LogP) is 2.02. The summed E-state index contributed by atoms with van der Waals surface area (Å²) < 4.78 is 0. The van der Waals surface area contributed by atoms with Gasteiger partial charge in [0.05, 0.1) is 17.8 Å². The summed E-state index contributed by atoms with van der Waals surface area (Å²) >= 11 is 5.78. The van der Waals surface area contributed by atoms with Crippen LogP contribution in [0.15, 0.2) is 29.3 Å². The fraction of sp³-hybridized carbons (Fsp3) is 0.273. The molecule has 0 heterocycles. The van der Waals surface area contributed by atoms with E-state index in [1.165, 1.54) is 0 Å². The normalized spacial score (nSPS) is 13.2. The number of nitrogens with zero attached hydrogens (tertiary/aromatic N) is 2. The summed E-state index contributed by atoms with van der Waals surface area (Å²) in [5.41, 5.74) is 3.57. The Kier molecular flexibility index (Phi) is 4.93. The van der Waals surface area contributed by atoms with Gasteiger partial charge >= 0.3 is 0 Å². The van der Waals surface area contributed by atoms with Gasteiger partial charge in [0, 0.05) is 5.02 Å². The Balaban J connectivity index is 3.02. The molecule has 1 aromatic carbocycles. The Labute approximate surface area is 99.1 Å². The van der Waals surface area contributed by atoms with Crippen LogP contribution in [0.2, 0.25) is 5.02 Å². The molecule has 84 valence electrons. The summed E-state index contributed by atoms with van der Waals surface area (Å²) in [6.45, 7) is 1.81. The molecule has 16 heavy (non-hydrogen) atoms. The first kappa shape index (κ1) is 12.7. The van der Waals surface area contributed by atoms with Gasteiger partial charge in [-0.25, -0.2) is 0 Å². The highest BCUT2D eigenvalue weighted by Gasteiger charge is 2.11. The van der Waals surface area contributed by atoms with Gasteiger partial charge in [0.1, 0.15) is 6.54 Å². The second-order valence-corrected chi connectivity index (χ2v) is 3.65. The van der Waals surface area contributed by atoms with E-state index in [1.54, 1.807) is 31.2 Å². The molecule has 0 bridgehead atoms. The summed E-state index contributed by atoms with van der Waals surface area (Å²) in [5.74, 6) is 0. The molecule has 0 aliphatic rings. The molecule has 4 nitrogen and oxygen atoms in total. The van der Waals surface area contributed by atoms with Crippen LogP contribution in [0.25, 0.3) is 0 Å². The number of halogens is 1. The fourth-order valence-corrected chi connectivity index (χ4v) is 1.41. The number of aliphatic imine (C=N–C) groups is 1. The van der Waals surface area contributed by atoms with Gasteiger partial charge in [0.2, 0.25) is 0 Å². The summed E-state index contributed by atoms with van der Waals surface area (Å²) in [7, 11) is 0. The fourth-order valence-electron chi connectivity index (χ4n) is 1.28. The SMILES string of the molecule is CC(NO)C(=NCC#N)c1ccc(Cl)cc1. The number of hydroxylamine groups is 1. The molecule has 0 amide bonds. The molecule has 1 atom stereocenters. The van der Waals surface area contributed by atoms with Crippen molar-refractivity contribution in [3.8, 4) is 6.07 Å². The Morgan fingerprint density at radius 3 is 2.69 bits per heavy atom. The minimum atomic E-state index is -0.338. The number of benzene rings is 1. The number of hydrogen-bond donors (Lipinski definition) is 2. The van der Waals surface area contributed by atoms with Crippen LogP contribution in [0.5, 0.6) is 0 Å². The van der Waals surface area contributed by atoms with Gasteiger partial charge in [-0.05, 0) is 24.6 Å². The molecule has 0 aliphatic carbocycles. The van der Waals surface area contributed by atoms with E-state index in [0.29, 0.717) is 10.7 Å². The van der Waals surface area contributed by atoms with Crippen molar-refractivity contribution in [2.24, 2.45) is 4.99 Å². The van der Waals surface area contributed by atoms with Gasteiger partial charge < -0.3 is 5.21 Å². The van der Waals surface area contributed by atoms with E-state index >= 15 is 0 Å². The Hall–Kier alpha value is -1.41. The monoisotopic (exact) mass is 237 g/mol. The Morgan fingerprint density at radius 1 is 1.56 bits per heavy atom. The highest BCUT2D eigenvalue weighted by molar-refractivity contribution is 6.30. The number of hydrogen-bond acceptors (Lipinski definition) is 4. The highest BCUT2D eigenvalue weighted by Crippen LogP contribution is 2.12. The molecule has 0 saturated heterocycles. The van der Waals surface area contributed by atoms with Crippen LogP contribution in [0.4, 0.5) is 0 Å². The van der Waals surface area contributed by atoms with Crippen molar-refractivity contribution in [1.82, 2.24) is 5.48 Å². The van der Waals surface area contributed by atoms with Gasteiger partial charge in [-0.15, -0.1) is 0 Å². The van der Waals surface area contributed by atoms with E-state index in [0.717, 1.165) is 5.56 Å². The average molecular weight is 238 g/mol. The van der Waals surface area contributed by atoms with E-state index in [1.807, 2.05) is 6.07 Å². The number of nitrogens with one attached hydrogen (secondary N) is 1. The lowest BCUT2D eigenvalue weighted by Gasteiger charge is -2.12. The second-order valence-electron chi connectivity index (χ2n) is 3.22. The van der Waals surface area contributed by atoms with Gasteiger partial charge in [-0.2, -0.15) is 10.7 Å². The van der Waals surface area contributed by atoms with Crippen molar-refractivity contribution in [2.45, 2.75) is 13.0 Å². The summed E-state index contributed by atoms with van der Waals surface area (Å²) in [6, 6.07) is 8.67. The van der Waals surface area contributed by atoms with E-state index < -0.39 is 0 Å².